The minimum absolute atomic E-state index is 0.142. The molecule has 96 valence electrons. The van der Waals surface area contributed by atoms with Crippen LogP contribution in [0.15, 0.2) is 0 Å². The normalized spacial score (nSPS) is 29.4. The van der Waals surface area contributed by atoms with Crippen molar-refractivity contribution in [1.29, 1.82) is 0 Å². The first-order valence-corrected chi connectivity index (χ1v) is 9.13. The molecule has 1 rings (SSSR count). The summed E-state index contributed by atoms with van der Waals surface area (Å²) >= 11 is 0. The van der Waals surface area contributed by atoms with Crippen molar-refractivity contribution in [3.63, 3.8) is 0 Å². The van der Waals surface area contributed by atoms with Gasteiger partial charge in [-0.25, -0.2) is 16.8 Å². The molecule has 0 radical (unpaired) electrons. The zero-order valence-corrected chi connectivity index (χ0v) is 11.3. The minimum atomic E-state index is -2.92. The quantitative estimate of drug-likeness (QED) is 0.686. The summed E-state index contributed by atoms with van der Waals surface area (Å²) < 4.78 is 44.4. The lowest BCUT2D eigenvalue weighted by Gasteiger charge is -2.23. The number of sulfone groups is 2. The Labute approximate surface area is 97.5 Å². The fourth-order valence-electron chi connectivity index (χ4n) is 1.87. The van der Waals surface area contributed by atoms with Gasteiger partial charge in [-0.2, -0.15) is 0 Å². The SMILES string of the molecule is CC1(NCCCS(C)(=O)=O)CCS(=O)(=O)C1. The van der Waals surface area contributed by atoms with Gasteiger partial charge in [-0.3, -0.25) is 0 Å². The molecular weight excluding hydrogens is 250 g/mol. The van der Waals surface area contributed by atoms with Gasteiger partial charge in [-0.15, -0.1) is 0 Å². The van der Waals surface area contributed by atoms with Crippen LogP contribution in [0.25, 0.3) is 0 Å². The molecule has 1 N–H and O–H groups in total. The fraction of sp³-hybridized carbons (Fsp3) is 1.00. The maximum atomic E-state index is 11.3. The molecule has 1 unspecified atom stereocenters. The molecule has 0 saturated carbocycles. The van der Waals surface area contributed by atoms with Crippen molar-refractivity contribution in [2.75, 3.05) is 30.1 Å². The van der Waals surface area contributed by atoms with Crippen LogP contribution in [0.4, 0.5) is 0 Å². The Morgan fingerprint density at radius 3 is 2.44 bits per heavy atom. The molecule has 1 heterocycles. The zero-order valence-electron chi connectivity index (χ0n) is 9.69. The first-order valence-electron chi connectivity index (χ1n) is 5.25. The Bertz CT molecular complexity index is 440. The number of rotatable bonds is 5. The summed E-state index contributed by atoms with van der Waals surface area (Å²) in [7, 11) is -5.82. The molecule has 1 atom stereocenters. The Hall–Kier alpha value is -0.140. The summed E-state index contributed by atoms with van der Waals surface area (Å²) in [6, 6.07) is 0. The van der Waals surface area contributed by atoms with E-state index in [2.05, 4.69) is 5.32 Å². The molecule has 0 aliphatic carbocycles. The van der Waals surface area contributed by atoms with Crippen LogP contribution in [0.2, 0.25) is 0 Å². The predicted octanol–water partition coefficient (Wildman–Crippen LogP) is -0.412. The molecule has 1 fully saturated rings. The highest BCUT2D eigenvalue weighted by Gasteiger charge is 2.37. The van der Waals surface area contributed by atoms with E-state index >= 15 is 0 Å². The molecule has 0 amide bonds. The molecule has 7 heteroatoms. The second-order valence-corrected chi connectivity index (χ2v) is 9.26. The van der Waals surface area contributed by atoms with Gasteiger partial charge in [0.15, 0.2) is 9.84 Å². The largest absolute Gasteiger partial charge is 0.310 e. The van der Waals surface area contributed by atoms with Crippen molar-refractivity contribution >= 4 is 19.7 Å². The third kappa shape index (κ3) is 4.80. The van der Waals surface area contributed by atoms with Crippen molar-refractivity contribution in [1.82, 2.24) is 5.32 Å². The Morgan fingerprint density at radius 1 is 1.38 bits per heavy atom. The summed E-state index contributed by atoms with van der Waals surface area (Å²) in [6.45, 7) is 2.41. The summed E-state index contributed by atoms with van der Waals surface area (Å²) in [5, 5.41) is 3.14. The standard InChI is InChI=1S/C9H19NO4S2/c1-9(4-7-16(13,14)8-9)10-5-3-6-15(2,11)12/h10H,3-8H2,1-2H3. The third-order valence-electron chi connectivity index (χ3n) is 2.75. The smallest absolute Gasteiger partial charge is 0.152 e. The van der Waals surface area contributed by atoms with E-state index < -0.39 is 19.7 Å². The molecule has 16 heavy (non-hydrogen) atoms. The van der Waals surface area contributed by atoms with Crippen LogP contribution in [0.1, 0.15) is 19.8 Å². The first-order chi connectivity index (χ1) is 7.12. The lowest BCUT2D eigenvalue weighted by atomic mass is 10.0. The average Bonchev–Trinajstić information content (AvgIpc) is 2.34. The van der Waals surface area contributed by atoms with Crippen LogP contribution in [0, 0.1) is 0 Å². The molecule has 1 aliphatic rings. The van der Waals surface area contributed by atoms with Crippen LogP contribution in [-0.2, 0) is 19.7 Å². The number of hydrogen-bond donors (Lipinski definition) is 1. The van der Waals surface area contributed by atoms with Gasteiger partial charge in [0.1, 0.15) is 9.84 Å². The zero-order chi connectivity index (χ0) is 12.4. The van der Waals surface area contributed by atoms with E-state index in [0.717, 1.165) is 0 Å². The van der Waals surface area contributed by atoms with E-state index in [1.54, 1.807) is 0 Å². The first kappa shape index (κ1) is 13.9. The molecule has 0 spiro atoms. The Morgan fingerprint density at radius 2 is 2.00 bits per heavy atom. The van der Waals surface area contributed by atoms with Gasteiger partial charge >= 0.3 is 0 Å². The van der Waals surface area contributed by atoms with Crippen LogP contribution in [0.3, 0.4) is 0 Å². The third-order valence-corrected chi connectivity index (χ3v) is 5.68. The molecule has 0 aromatic carbocycles. The Kier molecular flexibility index (Phi) is 4.02. The van der Waals surface area contributed by atoms with Crippen LogP contribution in [-0.4, -0.2) is 52.4 Å². The topological polar surface area (TPSA) is 80.3 Å². The summed E-state index contributed by atoms with van der Waals surface area (Å²) in [5.74, 6) is 0.518. The van der Waals surface area contributed by atoms with E-state index in [-0.39, 0.29) is 22.8 Å². The van der Waals surface area contributed by atoms with E-state index in [1.165, 1.54) is 6.26 Å². The van der Waals surface area contributed by atoms with Gasteiger partial charge in [0.25, 0.3) is 0 Å². The number of hydrogen-bond acceptors (Lipinski definition) is 5. The van der Waals surface area contributed by atoms with Gasteiger partial charge in [-0.1, -0.05) is 0 Å². The van der Waals surface area contributed by atoms with Gasteiger partial charge in [-0.05, 0) is 26.3 Å². The highest BCUT2D eigenvalue weighted by atomic mass is 32.2. The second kappa shape index (κ2) is 4.62. The maximum absolute atomic E-state index is 11.3. The summed E-state index contributed by atoms with van der Waals surface area (Å²) in [5.41, 5.74) is -0.379. The molecular formula is C9H19NO4S2. The molecule has 5 nitrogen and oxygen atoms in total. The summed E-state index contributed by atoms with van der Waals surface area (Å²) in [4.78, 5) is 0. The van der Waals surface area contributed by atoms with E-state index in [1.807, 2.05) is 6.92 Å². The van der Waals surface area contributed by atoms with Crippen molar-refractivity contribution in [3.05, 3.63) is 0 Å². The van der Waals surface area contributed by atoms with E-state index in [0.29, 0.717) is 19.4 Å². The van der Waals surface area contributed by atoms with E-state index in [4.69, 9.17) is 0 Å². The van der Waals surface area contributed by atoms with Gasteiger partial charge in [0, 0.05) is 11.8 Å². The van der Waals surface area contributed by atoms with Crippen molar-refractivity contribution in [3.8, 4) is 0 Å². The van der Waals surface area contributed by atoms with Crippen LogP contribution in [0.5, 0.6) is 0 Å². The molecule has 1 saturated heterocycles. The summed E-state index contributed by atoms with van der Waals surface area (Å²) in [6.07, 6.45) is 2.33. The predicted molar refractivity (Wildman–Crippen MR) is 64.0 cm³/mol. The Balaban J connectivity index is 2.34. The van der Waals surface area contributed by atoms with Crippen molar-refractivity contribution < 1.29 is 16.8 Å². The lowest BCUT2D eigenvalue weighted by Crippen LogP contribution is -2.44. The van der Waals surface area contributed by atoms with Crippen molar-refractivity contribution in [2.24, 2.45) is 0 Å². The maximum Gasteiger partial charge on any atom is 0.152 e. The van der Waals surface area contributed by atoms with E-state index in [9.17, 15) is 16.8 Å². The highest BCUT2D eigenvalue weighted by Crippen LogP contribution is 2.22. The second-order valence-electron chi connectivity index (χ2n) is 4.81. The number of nitrogens with one attached hydrogen (secondary N) is 1. The fourth-order valence-corrected chi connectivity index (χ4v) is 4.67. The highest BCUT2D eigenvalue weighted by molar-refractivity contribution is 7.91. The van der Waals surface area contributed by atoms with Gasteiger partial charge in [0.2, 0.25) is 0 Å². The van der Waals surface area contributed by atoms with Crippen LogP contribution >= 0.6 is 0 Å². The molecule has 1 aliphatic heterocycles. The molecule has 0 bridgehead atoms. The monoisotopic (exact) mass is 269 g/mol. The minimum Gasteiger partial charge on any atom is -0.310 e. The van der Waals surface area contributed by atoms with Gasteiger partial charge in [0.05, 0.1) is 17.3 Å². The van der Waals surface area contributed by atoms with Crippen LogP contribution < -0.4 is 5.32 Å². The van der Waals surface area contributed by atoms with Gasteiger partial charge < -0.3 is 5.32 Å². The molecule has 0 aromatic rings. The lowest BCUT2D eigenvalue weighted by molar-refractivity contribution is 0.398. The molecule has 0 aromatic heterocycles. The van der Waals surface area contributed by atoms with Crippen molar-refractivity contribution in [2.45, 2.75) is 25.3 Å². The average molecular weight is 269 g/mol.